The molecule has 12 nitrogen and oxygen atoms in total. The number of amides is 4. The Morgan fingerprint density at radius 2 is 1.70 bits per heavy atom. The molecule has 0 atom stereocenters. The van der Waals surface area contributed by atoms with E-state index in [1.54, 1.807) is 14.7 Å². The highest BCUT2D eigenvalue weighted by Gasteiger charge is 2.28. The van der Waals surface area contributed by atoms with Gasteiger partial charge in [0.2, 0.25) is 5.91 Å². The van der Waals surface area contributed by atoms with Crippen molar-refractivity contribution >= 4 is 34.7 Å². The second-order valence-corrected chi connectivity index (χ2v) is 11.1. The maximum atomic E-state index is 13.1. The van der Waals surface area contributed by atoms with Crippen molar-refractivity contribution in [2.75, 3.05) is 72.1 Å². The highest BCUT2D eigenvalue weighted by atomic mass is 16.6. The molecule has 2 fully saturated rings. The Labute approximate surface area is 251 Å². The van der Waals surface area contributed by atoms with Crippen LogP contribution in [0.1, 0.15) is 42.2 Å². The van der Waals surface area contributed by atoms with Gasteiger partial charge >= 0.3 is 6.09 Å². The first-order valence-corrected chi connectivity index (χ1v) is 15.1. The molecule has 0 saturated carbocycles. The third-order valence-electron chi connectivity index (χ3n) is 8.06. The lowest BCUT2D eigenvalue weighted by Gasteiger charge is -2.35. The van der Waals surface area contributed by atoms with Gasteiger partial charge < -0.3 is 34.4 Å². The van der Waals surface area contributed by atoms with E-state index in [2.05, 4.69) is 21.3 Å². The first-order chi connectivity index (χ1) is 20.8. The van der Waals surface area contributed by atoms with E-state index in [1.165, 1.54) is 11.8 Å². The summed E-state index contributed by atoms with van der Waals surface area (Å²) in [4.78, 5) is 63.0. The lowest BCUT2D eigenvalue weighted by molar-refractivity contribution is -0.134. The predicted molar refractivity (Wildman–Crippen MR) is 160 cm³/mol. The van der Waals surface area contributed by atoms with Gasteiger partial charge in [-0.3, -0.25) is 14.4 Å². The van der Waals surface area contributed by atoms with Crippen molar-refractivity contribution in [2.24, 2.45) is 0 Å². The van der Waals surface area contributed by atoms with Gasteiger partial charge in [-0.05, 0) is 37.5 Å². The van der Waals surface area contributed by atoms with Crippen LogP contribution < -0.4 is 10.1 Å². The minimum absolute atomic E-state index is 0.0951. The number of aromatic nitrogens is 1. The third-order valence-corrected chi connectivity index (χ3v) is 8.06. The van der Waals surface area contributed by atoms with Gasteiger partial charge in [0.15, 0.2) is 6.61 Å². The number of hydrogen-bond donors (Lipinski definition) is 1. The Bertz CT molecular complexity index is 1400. The predicted octanol–water partition coefficient (Wildman–Crippen LogP) is 2.16. The molecule has 0 bridgehead atoms. The lowest BCUT2D eigenvalue weighted by atomic mass is 10.1. The fraction of sp³-hybridized carbons (Fsp3) is 0.516. The Balaban J connectivity index is 1.17. The molecule has 43 heavy (non-hydrogen) atoms. The highest BCUT2D eigenvalue weighted by molar-refractivity contribution is 5.98. The fourth-order valence-corrected chi connectivity index (χ4v) is 5.47. The molecule has 4 amide bonds. The number of piperazine rings is 2. The summed E-state index contributed by atoms with van der Waals surface area (Å²) in [6.07, 6.45) is 4.59. The van der Waals surface area contributed by atoms with E-state index in [4.69, 9.17) is 9.47 Å². The summed E-state index contributed by atoms with van der Waals surface area (Å²) in [5.74, 6) is -0.496. The van der Waals surface area contributed by atoms with E-state index in [1.807, 2.05) is 32.0 Å². The Morgan fingerprint density at radius 3 is 2.49 bits per heavy atom. The normalized spacial score (nSPS) is 16.6. The van der Waals surface area contributed by atoms with Gasteiger partial charge in [-0.1, -0.05) is 25.5 Å². The van der Waals surface area contributed by atoms with Crippen LogP contribution in [-0.4, -0.2) is 121 Å². The quantitative estimate of drug-likeness (QED) is 0.440. The van der Waals surface area contributed by atoms with Crippen LogP contribution in [0.4, 0.5) is 4.79 Å². The minimum Gasteiger partial charge on any atom is -0.483 e. The molecule has 12 heteroatoms. The molecule has 0 aliphatic carbocycles. The van der Waals surface area contributed by atoms with E-state index < -0.39 is 5.91 Å². The van der Waals surface area contributed by atoms with E-state index in [-0.39, 0.29) is 36.8 Å². The van der Waals surface area contributed by atoms with Gasteiger partial charge in [-0.2, -0.15) is 0 Å². The molecule has 2 saturated heterocycles. The largest absolute Gasteiger partial charge is 0.483 e. The van der Waals surface area contributed by atoms with Gasteiger partial charge in [-0.25, -0.2) is 9.78 Å². The monoisotopic (exact) mass is 592 g/mol. The summed E-state index contributed by atoms with van der Waals surface area (Å²) >= 11 is 0. The van der Waals surface area contributed by atoms with E-state index >= 15 is 0 Å². The standard InChI is InChI=1S/C31H40N6O6/c1-3-4-16-42-31(41)36-13-11-35(12-14-36)28(38)19-32-30(40)26-18-27(24-8-7-22(2)17-25(24)33-26)43-21-29(39)37-15-10-34-9-5-6-23(34)20-37/h6-8,17-18H,3-5,9-16,19-21H2,1-2H3,(H,32,40). The van der Waals surface area contributed by atoms with Crippen LogP contribution in [0.25, 0.3) is 10.9 Å². The van der Waals surface area contributed by atoms with Crippen LogP contribution in [0, 0.1) is 6.92 Å². The van der Waals surface area contributed by atoms with Gasteiger partial charge in [0.05, 0.1) is 25.2 Å². The molecule has 0 unspecified atom stereocenters. The van der Waals surface area contributed by atoms with Crippen LogP contribution in [0.3, 0.4) is 0 Å². The molecule has 230 valence electrons. The molecule has 1 aromatic heterocycles. The number of benzene rings is 1. The van der Waals surface area contributed by atoms with Crippen LogP contribution >= 0.6 is 0 Å². The van der Waals surface area contributed by atoms with E-state index in [9.17, 15) is 19.2 Å². The number of pyridine rings is 1. The van der Waals surface area contributed by atoms with Crippen LogP contribution in [0.5, 0.6) is 5.75 Å². The van der Waals surface area contributed by atoms with Gasteiger partial charge in [-0.15, -0.1) is 0 Å². The molecule has 0 spiro atoms. The maximum absolute atomic E-state index is 13.1. The number of rotatable bonds is 9. The Hall–Kier alpha value is -4.35. The van der Waals surface area contributed by atoms with Gasteiger partial charge in [0.1, 0.15) is 11.4 Å². The molecular weight excluding hydrogens is 552 g/mol. The summed E-state index contributed by atoms with van der Waals surface area (Å²) in [6, 6.07) is 7.16. The first kappa shape index (κ1) is 30.1. The minimum atomic E-state index is -0.518. The van der Waals surface area contributed by atoms with Crippen molar-refractivity contribution in [1.29, 1.82) is 0 Å². The summed E-state index contributed by atoms with van der Waals surface area (Å²) in [6.45, 7) is 8.54. The number of unbranched alkanes of at least 4 members (excludes halogenated alkanes) is 1. The van der Waals surface area contributed by atoms with Crippen molar-refractivity contribution in [3.8, 4) is 5.75 Å². The molecule has 5 rings (SSSR count). The van der Waals surface area contributed by atoms with Crippen molar-refractivity contribution in [1.82, 2.24) is 29.9 Å². The number of nitrogens with zero attached hydrogens (tertiary/aromatic N) is 5. The maximum Gasteiger partial charge on any atom is 0.409 e. The molecule has 1 N–H and O–H groups in total. The lowest BCUT2D eigenvalue weighted by Crippen LogP contribution is -2.52. The molecular formula is C31H40N6O6. The summed E-state index contributed by atoms with van der Waals surface area (Å²) < 4.78 is 11.2. The molecule has 2 aromatic rings. The number of nitrogens with one attached hydrogen (secondary N) is 1. The van der Waals surface area contributed by atoms with Crippen molar-refractivity contribution in [3.63, 3.8) is 0 Å². The Morgan fingerprint density at radius 1 is 0.930 bits per heavy atom. The number of aryl methyl sites for hydroxylation is 1. The van der Waals surface area contributed by atoms with Crippen LogP contribution in [-0.2, 0) is 14.3 Å². The van der Waals surface area contributed by atoms with Crippen molar-refractivity contribution < 1.29 is 28.7 Å². The van der Waals surface area contributed by atoms with Crippen LogP contribution in [0.2, 0.25) is 0 Å². The third kappa shape index (κ3) is 7.36. The van der Waals surface area contributed by atoms with Crippen molar-refractivity contribution in [2.45, 2.75) is 33.1 Å². The topological polar surface area (TPSA) is 125 Å². The smallest absolute Gasteiger partial charge is 0.409 e. The van der Waals surface area contributed by atoms with E-state index in [0.717, 1.165) is 37.9 Å². The molecule has 3 aliphatic rings. The Kier molecular flexibility index (Phi) is 9.63. The zero-order chi connectivity index (χ0) is 30.3. The number of hydrogen-bond acceptors (Lipinski definition) is 8. The van der Waals surface area contributed by atoms with Crippen molar-refractivity contribution in [3.05, 3.63) is 47.3 Å². The average Bonchev–Trinajstić information content (AvgIpc) is 3.50. The summed E-state index contributed by atoms with van der Waals surface area (Å²) in [7, 11) is 0. The van der Waals surface area contributed by atoms with Gasteiger partial charge in [0.25, 0.3) is 11.8 Å². The molecule has 0 radical (unpaired) electrons. The number of fused-ring (bicyclic) bond motifs is 2. The summed E-state index contributed by atoms with van der Waals surface area (Å²) in [5.41, 5.74) is 2.81. The highest BCUT2D eigenvalue weighted by Crippen LogP contribution is 2.27. The molecule has 3 aliphatic heterocycles. The van der Waals surface area contributed by atoms with E-state index in [0.29, 0.717) is 62.5 Å². The van der Waals surface area contributed by atoms with Gasteiger partial charge in [0, 0.05) is 63.0 Å². The molecule has 4 heterocycles. The second kappa shape index (κ2) is 13.7. The number of carbonyl (C=O) groups is 4. The molecule has 1 aromatic carbocycles. The summed E-state index contributed by atoms with van der Waals surface area (Å²) in [5, 5.41) is 3.36. The number of ether oxygens (including phenoxy) is 2. The SMILES string of the molecule is CCCCOC(=O)N1CCN(C(=O)CNC(=O)c2cc(OCC(=O)N3CCN4CCC=C4C3)c3ccc(C)cc3n2)CC1. The zero-order valence-electron chi connectivity index (χ0n) is 25.0. The first-order valence-electron chi connectivity index (χ1n) is 15.1. The zero-order valence-corrected chi connectivity index (χ0v) is 25.0. The number of carbonyl (C=O) groups excluding carboxylic acids is 4. The fourth-order valence-electron chi connectivity index (χ4n) is 5.47. The average molecular weight is 593 g/mol. The van der Waals surface area contributed by atoms with Crippen LogP contribution in [0.15, 0.2) is 36.0 Å². The second-order valence-electron chi connectivity index (χ2n) is 11.1.